The van der Waals surface area contributed by atoms with E-state index in [1.165, 1.54) is 17.4 Å². The van der Waals surface area contributed by atoms with Crippen molar-refractivity contribution < 1.29 is 19.1 Å². The average Bonchev–Trinajstić information content (AvgIpc) is 3.02. The average molecular weight is 430 g/mol. The van der Waals surface area contributed by atoms with Crippen molar-refractivity contribution in [2.75, 3.05) is 24.2 Å². The van der Waals surface area contributed by atoms with Crippen LogP contribution < -0.4 is 21.1 Å². The van der Waals surface area contributed by atoms with E-state index in [0.29, 0.717) is 36.7 Å². The molecule has 0 radical (unpaired) electrons. The molecule has 0 saturated carbocycles. The number of nitrogens with one attached hydrogen (secondary N) is 2. The fourth-order valence-electron chi connectivity index (χ4n) is 3.34. The molecule has 0 spiro atoms. The van der Waals surface area contributed by atoms with Gasteiger partial charge in [0.2, 0.25) is 5.91 Å². The maximum Gasteiger partial charge on any atom is 0.407 e. The van der Waals surface area contributed by atoms with Crippen LogP contribution in [-0.4, -0.2) is 31.3 Å². The first kappa shape index (κ1) is 21.7. The van der Waals surface area contributed by atoms with E-state index in [2.05, 4.69) is 10.6 Å². The van der Waals surface area contributed by atoms with E-state index in [0.717, 1.165) is 28.2 Å². The van der Waals surface area contributed by atoms with Crippen LogP contribution in [0.25, 0.3) is 6.08 Å². The number of nitrogen functional groups attached to an aromatic ring is 1. The van der Waals surface area contributed by atoms with Gasteiger partial charge in [0.1, 0.15) is 16.9 Å². The Kier molecular flexibility index (Phi) is 7.35. The van der Waals surface area contributed by atoms with Gasteiger partial charge in [0.25, 0.3) is 0 Å². The number of hydrogen-bond acceptors (Lipinski definition) is 6. The number of carbonyl (C=O) groups excluding carboxylic acids is 2. The Bertz CT molecular complexity index is 938. The van der Waals surface area contributed by atoms with Gasteiger partial charge < -0.3 is 25.8 Å². The summed E-state index contributed by atoms with van der Waals surface area (Å²) in [5.41, 5.74) is 8.74. The van der Waals surface area contributed by atoms with Gasteiger partial charge in [-0.3, -0.25) is 4.79 Å². The van der Waals surface area contributed by atoms with E-state index >= 15 is 0 Å². The number of nitrogens with two attached hydrogens (primary N) is 1. The first-order valence-electron chi connectivity index (χ1n) is 10.1. The van der Waals surface area contributed by atoms with Crippen molar-refractivity contribution in [2.24, 2.45) is 0 Å². The lowest BCUT2D eigenvalue weighted by Gasteiger charge is -2.22. The van der Waals surface area contributed by atoms with Crippen LogP contribution in [0.15, 0.2) is 30.3 Å². The third-order valence-electron chi connectivity index (χ3n) is 4.73. The molecule has 1 heterocycles. The van der Waals surface area contributed by atoms with E-state index < -0.39 is 6.09 Å². The number of para-hydroxylation sites is 1. The van der Waals surface area contributed by atoms with Gasteiger partial charge in [-0.05, 0) is 44.4 Å². The lowest BCUT2D eigenvalue weighted by Crippen LogP contribution is -2.31. The summed E-state index contributed by atoms with van der Waals surface area (Å²) in [6.45, 7) is 4.85. The van der Waals surface area contributed by atoms with Crippen molar-refractivity contribution in [3.63, 3.8) is 0 Å². The fourth-order valence-corrected chi connectivity index (χ4v) is 4.57. The molecule has 1 unspecified atom stereocenters. The lowest BCUT2D eigenvalue weighted by atomic mass is 9.95. The number of anilines is 2. The summed E-state index contributed by atoms with van der Waals surface area (Å²) < 4.78 is 11.0. The number of amides is 2. The Morgan fingerprint density at radius 3 is 2.87 bits per heavy atom. The molecule has 0 saturated heterocycles. The minimum Gasteiger partial charge on any atom is -0.493 e. The summed E-state index contributed by atoms with van der Waals surface area (Å²) in [5.74, 6) is 0.468. The van der Waals surface area contributed by atoms with Crippen molar-refractivity contribution in [3.05, 3.63) is 46.3 Å². The number of thiophene rings is 1. The molecule has 1 aromatic carbocycles. The van der Waals surface area contributed by atoms with Crippen LogP contribution >= 0.6 is 11.3 Å². The van der Waals surface area contributed by atoms with E-state index in [-0.39, 0.29) is 12.0 Å². The number of ether oxygens (including phenoxy) is 2. The van der Waals surface area contributed by atoms with Gasteiger partial charge in [0, 0.05) is 29.5 Å². The minimum atomic E-state index is -0.401. The predicted molar refractivity (Wildman–Crippen MR) is 120 cm³/mol. The van der Waals surface area contributed by atoms with Crippen LogP contribution in [0, 0.1) is 0 Å². The largest absolute Gasteiger partial charge is 0.493 e. The van der Waals surface area contributed by atoms with Crippen molar-refractivity contribution in [1.82, 2.24) is 5.32 Å². The Hall–Kier alpha value is -3.00. The van der Waals surface area contributed by atoms with Crippen LogP contribution in [0.3, 0.4) is 0 Å². The zero-order valence-corrected chi connectivity index (χ0v) is 18.0. The van der Waals surface area contributed by atoms with Gasteiger partial charge in [0.05, 0.1) is 12.3 Å². The molecule has 0 bridgehead atoms. The molecule has 3 rings (SSSR count). The van der Waals surface area contributed by atoms with E-state index in [4.69, 9.17) is 15.2 Å². The molecule has 0 aliphatic heterocycles. The van der Waals surface area contributed by atoms with Crippen LogP contribution in [0.1, 0.15) is 36.3 Å². The number of fused-ring (bicyclic) bond motifs is 1. The highest BCUT2D eigenvalue weighted by atomic mass is 32.1. The summed E-state index contributed by atoms with van der Waals surface area (Å²) in [5, 5.41) is 6.15. The molecule has 2 aromatic rings. The number of benzene rings is 1. The molecule has 8 heteroatoms. The lowest BCUT2D eigenvalue weighted by molar-refractivity contribution is -0.111. The van der Waals surface area contributed by atoms with Crippen LogP contribution in [0.2, 0.25) is 0 Å². The van der Waals surface area contributed by atoms with Crippen molar-refractivity contribution in [3.8, 4) is 5.75 Å². The van der Waals surface area contributed by atoms with Crippen LogP contribution in [0.5, 0.6) is 5.75 Å². The standard InChI is InChI=1S/C22H27N3O4S/c1-3-24-22(27)29-15-10-11-16-18(13-15)30-21(20(16)23)25-19(26)12-9-14-7-5-6-8-17(14)28-4-2/h5-9,12,15H,3-4,10-11,13,23H2,1-2H3,(H,24,27)(H,25,26)/b12-9+. The summed E-state index contributed by atoms with van der Waals surface area (Å²) in [6.07, 6.45) is 4.65. The number of hydrogen-bond donors (Lipinski definition) is 3. The summed E-state index contributed by atoms with van der Waals surface area (Å²) in [7, 11) is 0. The third-order valence-corrected chi connectivity index (χ3v) is 5.91. The smallest absolute Gasteiger partial charge is 0.407 e. The SMILES string of the molecule is CCNC(=O)OC1CCc2c(sc(NC(=O)/C=C/c3ccccc3OCC)c2N)C1. The molecular weight excluding hydrogens is 402 g/mol. The van der Waals surface area contributed by atoms with Gasteiger partial charge in [-0.1, -0.05) is 18.2 Å². The maximum atomic E-state index is 12.4. The van der Waals surface area contributed by atoms with Gasteiger partial charge >= 0.3 is 6.09 Å². The van der Waals surface area contributed by atoms with Gasteiger partial charge in [-0.2, -0.15) is 0 Å². The predicted octanol–water partition coefficient (Wildman–Crippen LogP) is 3.98. The third kappa shape index (κ3) is 5.33. The van der Waals surface area contributed by atoms with Gasteiger partial charge in [-0.15, -0.1) is 11.3 Å². The second-order valence-electron chi connectivity index (χ2n) is 6.84. The van der Waals surface area contributed by atoms with Gasteiger partial charge in [-0.25, -0.2) is 4.79 Å². The van der Waals surface area contributed by atoms with E-state index in [1.54, 1.807) is 6.08 Å². The summed E-state index contributed by atoms with van der Waals surface area (Å²) >= 11 is 1.44. The first-order valence-corrected chi connectivity index (χ1v) is 10.9. The normalized spacial score (nSPS) is 15.5. The van der Waals surface area contributed by atoms with Crippen molar-refractivity contribution >= 4 is 40.1 Å². The zero-order valence-electron chi connectivity index (χ0n) is 17.2. The first-order chi connectivity index (χ1) is 14.5. The van der Waals surface area contributed by atoms with Crippen LogP contribution in [-0.2, 0) is 22.4 Å². The second kappa shape index (κ2) is 10.2. The molecular formula is C22H27N3O4S. The zero-order chi connectivity index (χ0) is 21.5. The second-order valence-corrected chi connectivity index (χ2v) is 7.95. The molecule has 2 amide bonds. The highest BCUT2D eigenvalue weighted by Crippen LogP contribution is 2.40. The molecule has 1 atom stereocenters. The molecule has 160 valence electrons. The Morgan fingerprint density at radius 2 is 2.10 bits per heavy atom. The Balaban J connectivity index is 1.65. The van der Waals surface area contributed by atoms with Crippen molar-refractivity contribution in [1.29, 1.82) is 0 Å². The molecule has 1 aliphatic carbocycles. The summed E-state index contributed by atoms with van der Waals surface area (Å²) in [4.78, 5) is 25.2. The summed E-state index contributed by atoms with van der Waals surface area (Å²) in [6, 6.07) is 7.54. The molecule has 0 fully saturated rings. The maximum absolute atomic E-state index is 12.4. The van der Waals surface area contributed by atoms with Crippen molar-refractivity contribution in [2.45, 2.75) is 39.2 Å². The fraction of sp³-hybridized carbons (Fsp3) is 0.364. The van der Waals surface area contributed by atoms with Gasteiger partial charge in [0.15, 0.2) is 0 Å². The Labute approximate surface area is 180 Å². The molecule has 7 nitrogen and oxygen atoms in total. The van der Waals surface area contributed by atoms with E-state index in [9.17, 15) is 9.59 Å². The molecule has 1 aliphatic rings. The quantitative estimate of drug-likeness (QED) is 0.578. The minimum absolute atomic E-state index is 0.180. The molecule has 30 heavy (non-hydrogen) atoms. The Morgan fingerprint density at radius 1 is 1.30 bits per heavy atom. The highest BCUT2D eigenvalue weighted by Gasteiger charge is 2.27. The monoisotopic (exact) mass is 429 g/mol. The number of rotatable bonds is 7. The number of alkyl carbamates (subject to hydrolysis) is 1. The number of carbonyl (C=O) groups is 2. The molecule has 1 aromatic heterocycles. The van der Waals surface area contributed by atoms with E-state index in [1.807, 2.05) is 38.1 Å². The molecule has 4 N–H and O–H groups in total. The topological polar surface area (TPSA) is 103 Å². The highest BCUT2D eigenvalue weighted by molar-refractivity contribution is 7.17. The van der Waals surface area contributed by atoms with Crippen LogP contribution in [0.4, 0.5) is 15.5 Å².